The van der Waals surface area contributed by atoms with Gasteiger partial charge in [-0.25, -0.2) is 8.42 Å². The summed E-state index contributed by atoms with van der Waals surface area (Å²) < 4.78 is 31.8. The van der Waals surface area contributed by atoms with Crippen LogP contribution in [-0.4, -0.2) is 80.3 Å². The van der Waals surface area contributed by atoms with Crippen LogP contribution in [0.3, 0.4) is 0 Å². The second-order valence-electron chi connectivity index (χ2n) is 7.02. The third-order valence-corrected chi connectivity index (χ3v) is 7.77. The molecular formula is C19H27N3O5S2. The van der Waals surface area contributed by atoms with E-state index in [1.807, 2.05) is 0 Å². The first-order valence-corrected chi connectivity index (χ1v) is 12.4. The lowest BCUT2D eigenvalue weighted by Gasteiger charge is -2.26. The lowest BCUT2D eigenvalue weighted by Crippen LogP contribution is -2.41. The Bertz CT molecular complexity index is 802. The van der Waals surface area contributed by atoms with Crippen molar-refractivity contribution in [1.82, 2.24) is 14.5 Å². The van der Waals surface area contributed by atoms with Crippen LogP contribution in [0.1, 0.15) is 18.4 Å². The molecule has 0 atom stereocenters. The van der Waals surface area contributed by atoms with Crippen LogP contribution in [-0.2, 0) is 30.9 Å². The molecule has 2 heterocycles. The predicted octanol–water partition coefficient (Wildman–Crippen LogP) is 0.679. The number of morpholine rings is 1. The summed E-state index contributed by atoms with van der Waals surface area (Å²) >= 11 is 1.29. The van der Waals surface area contributed by atoms with Crippen molar-refractivity contribution in [3.8, 4) is 0 Å². The topological polar surface area (TPSA) is 96.0 Å². The van der Waals surface area contributed by atoms with Gasteiger partial charge in [-0.2, -0.15) is 4.31 Å². The highest BCUT2D eigenvalue weighted by atomic mass is 32.2. The van der Waals surface area contributed by atoms with Crippen molar-refractivity contribution in [3.05, 3.63) is 29.8 Å². The SMILES string of the molecule is O=C(CSCC(=O)N1CCOCC1)NCc1ccc(S(=O)(=O)N2CCCC2)cc1. The number of carbonyl (C=O) groups is 2. The maximum absolute atomic E-state index is 12.5. The van der Waals surface area contributed by atoms with Crippen LogP contribution in [0.4, 0.5) is 0 Å². The average Bonchev–Trinajstić information content (AvgIpc) is 3.29. The Balaban J connectivity index is 1.39. The molecule has 2 saturated heterocycles. The zero-order chi connectivity index (χ0) is 20.7. The molecule has 10 heteroatoms. The lowest BCUT2D eigenvalue weighted by atomic mass is 10.2. The molecule has 0 spiro atoms. The third kappa shape index (κ3) is 6.18. The Morgan fingerprint density at radius 2 is 1.66 bits per heavy atom. The average molecular weight is 442 g/mol. The Morgan fingerprint density at radius 3 is 2.31 bits per heavy atom. The molecule has 0 radical (unpaired) electrons. The molecule has 0 saturated carbocycles. The van der Waals surface area contributed by atoms with Crippen LogP contribution in [0, 0.1) is 0 Å². The van der Waals surface area contributed by atoms with E-state index >= 15 is 0 Å². The molecule has 0 aliphatic carbocycles. The summed E-state index contributed by atoms with van der Waals surface area (Å²) in [4.78, 5) is 26.1. The molecule has 1 aromatic carbocycles. The van der Waals surface area contributed by atoms with Gasteiger partial charge in [0, 0.05) is 32.7 Å². The van der Waals surface area contributed by atoms with Gasteiger partial charge in [-0.1, -0.05) is 12.1 Å². The first kappa shape index (κ1) is 22.1. The minimum atomic E-state index is -3.42. The fraction of sp³-hybridized carbons (Fsp3) is 0.579. The Kier molecular flexibility index (Phi) is 7.93. The van der Waals surface area contributed by atoms with Crippen molar-refractivity contribution in [2.45, 2.75) is 24.3 Å². The maximum Gasteiger partial charge on any atom is 0.243 e. The molecule has 0 bridgehead atoms. The lowest BCUT2D eigenvalue weighted by molar-refractivity contribution is -0.132. The molecule has 29 heavy (non-hydrogen) atoms. The first-order chi connectivity index (χ1) is 14.0. The molecule has 160 valence electrons. The van der Waals surface area contributed by atoms with E-state index in [2.05, 4.69) is 5.32 Å². The number of amides is 2. The highest BCUT2D eigenvalue weighted by molar-refractivity contribution is 8.00. The molecule has 2 amide bonds. The molecule has 1 aromatic rings. The van der Waals surface area contributed by atoms with Gasteiger partial charge in [0.15, 0.2) is 0 Å². The van der Waals surface area contributed by atoms with E-state index in [0.29, 0.717) is 45.9 Å². The van der Waals surface area contributed by atoms with E-state index in [4.69, 9.17) is 4.74 Å². The van der Waals surface area contributed by atoms with E-state index in [1.165, 1.54) is 16.1 Å². The summed E-state index contributed by atoms with van der Waals surface area (Å²) in [5, 5.41) is 2.80. The molecule has 0 unspecified atom stereocenters. The second-order valence-corrected chi connectivity index (χ2v) is 9.94. The van der Waals surface area contributed by atoms with Crippen LogP contribution >= 0.6 is 11.8 Å². The monoisotopic (exact) mass is 441 g/mol. The van der Waals surface area contributed by atoms with Gasteiger partial charge < -0.3 is 15.0 Å². The number of nitrogens with one attached hydrogen (secondary N) is 1. The summed E-state index contributed by atoms with van der Waals surface area (Å²) in [5.74, 6) is 0.355. The molecule has 2 aliphatic rings. The number of sulfonamides is 1. The van der Waals surface area contributed by atoms with Crippen LogP contribution in [0.15, 0.2) is 29.2 Å². The Hall–Kier alpha value is -1.62. The molecule has 3 rings (SSSR count). The van der Waals surface area contributed by atoms with Gasteiger partial charge in [0.2, 0.25) is 21.8 Å². The Morgan fingerprint density at radius 1 is 1.00 bits per heavy atom. The van der Waals surface area contributed by atoms with Gasteiger partial charge in [-0.3, -0.25) is 9.59 Å². The Labute approximate surface area is 176 Å². The molecule has 2 fully saturated rings. The van der Waals surface area contributed by atoms with Gasteiger partial charge in [0.05, 0.1) is 29.6 Å². The van der Waals surface area contributed by atoms with E-state index in [1.54, 1.807) is 29.2 Å². The zero-order valence-corrected chi connectivity index (χ0v) is 18.0. The minimum Gasteiger partial charge on any atom is -0.378 e. The largest absolute Gasteiger partial charge is 0.378 e. The van der Waals surface area contributed by atoms with Crippen LogP contribution in [0.25, 0.3) is 0 Å². The smallest absolute Gasteiger partial charge is 0.243 e. The van der Waals surface area contributed by atoms with E-state index in [0.717, 1.165) is 18.4 Å². The number of thioether (sulfide) groups is 1. The fourth-order valence-electron chi connectivity index (χ4n) is 3.24. The van der Waals surface area contributed by atoms with Crippen LogP contribution < -0.4 is 5.32 Å². The predicted molar refractivity (Wildman–Crippen MR) is 111 cm³/mol. The number of hydrogen-bond donors (Lipinski definition) is 1. The summed E-state index contributed by atoms with van der Waals surface area (Å²) in [6.45, 7) is 3.81. The number of hydrogen-bond acceptors (Lipinski definition) is 6. The molecule has 2 aliphatic heterocycles. The second kappa shape index (κ2) is 10.4. The highest BCUT2D eigenvalue weighted by Gasteiger charge is 2.26. The standard InChI is InChI=1S/C19H27N3O5S2/c23-18(14-28-15-19(24)21-9-11-27-12-10-21)20-13-16-3-5-17(6-4-16)29(25,26)22-7-1-2-8-22/h3-6H,1-2,7-15H2,(H,20,23). The van der Waals surface area contributed by atoms with E-state index < -0.39 is 10.0 Å². The fourth-order valence-corrected chi connectivity index (χ4v) is 5.51. The summed E-state index contributed by atoms with van der Waals surface area (Å²) in [7, 11) is -3.42. The number of nitrogens with zero attached hydrogens (tertiary/aromatic N) is 2. The van der Waals surface area contributed by atoms with Gasteiger partial charge in [0.25, 0.3) is 0 Å². The van der Waals surface area contributed by atoms with Gasteiger partial charge in [-0.05, 0) is 30.5 Å². The van der Waals surface area contributed by atoms with Crippen molar-refractivity contribution >= 4 is 33.6 Å². The zero-order valence-electron chi connectivity index (χ0n) is 16.3. The number of benzene rings is 1. The quantitative estimate of drug-likeness (QED) is 0.637. The molecular weight excluding hydrogens is 414 g/mol. The summed E-state index contributed by atoms with van der Waals surface area (Å²) in [5.41, 5.74) is 0.827. The molecule has 8 nitrogen and oxygen atoms in total. The van der Waals surface area contributed by atoms with Crippen molar-refractivity contribution < 1.29 is 22.7 Å². The number of carbonyl (C=O) groups excluding carboxylic acids is 2. The third-order valence-electron chi connectivity index (χ3n) is 4.94. The normalized spacial score (nSPS) is 18.0. The van der Waals surface area contributed by atoms with Crippen LogP contribution in [0.5, 0.6) is 0 Å². The summed E-state index contributed by atoms with van der Waals surface area (Å²) in [6, 6.07) is 6.62. The first-order valence-electron chi connectivity index (χ1n) is 9.76. The van der Waals surface area contributed by atoms with E-state index in [-0.39, 0.29) is 28.2 Å². The van der Waals surface area contributed by atoms with Gasteiger partial charge >= 0.3 is 0 Å². The van der Waals surface area contributed by atoms with Crippen molar-refractivity contribution in [2.24, 2.45) is 0 Å². The summed E-state index contributed by atoms with van der Waals surface area (Å²) in [6.07, 6.45) is 1.80. The van der Waals surface area contributed by atoms with Crippen molar-refractivity contribution in [1.29, 1.82) is 0 Å². The van der Waals surface area contributed by atoms with Crippen molar-refractivity contribution in [2.75, 3.05) is 50.9 Å². The minimum absolute atomic E-state index is 0.0286. The maximum atomic E-state index is 12.5. The van der Waals surface area contributed by atoms with Gasteiger partial charge in [0.1, 0.15) is 0 Å². The number of ether oxygens (including phenoxy) is 1. The molecule has 0 aromatic heterocycles. The number of rotatable bonds is 8. The van der Waals surface area contributed by atoms with Crippen molar-refractivity contribution in [3.63, 3.8) is 0 Å². The van der Waals surface area contributed by atoms with Gasteiger partial charge in [-0.15, -0.1) is 11.8 Å². The van der Waals surface area contributed by atoms with E-state index in [9.17, 15) is 18.0 Å². The molecule has 1 N–H and O–H groups in total. The van der Waals surface area contributed by atoms with Crippen LogP contribution in [0.2, 0.25) is 0 Å². The highest BCUT2D eigenvalue weighted by Crippen LogP contribution is 2.21.